The van der Waals surface area contributed by atoms with Crippen molar-refractivity contribution < 1.29 is 0 Å². The van der Waals surface area contributed by atoms with Crippen molar-refractivity contribution in [3.8, 4) is 62.1 Å². The molecule has 0 atom stereocenters. The van der Waals surface area contributed by atoms with Crippen LogP contribution in [0.15, 0.2) is 218 Å². The van der Waals surface area contributed by atoms with Crippen molar-refractivity contribution in [2.45, 2.75) is 0 Å². The Morgan fingerprint density at radius 1 is 0.230 bits per heavy atom. The zero-order valence-electron chi connectivity index (χ0n) is 33.1. The van der Waals surface area contributed by atoms with Gasteiger partial charge in [-0.25, -0.2) is 15.0 Å². The van der Waals surface area contributed by atoms with Gasteiger partial charge in [-0.2, -0.15) is 0 Å². The summed E-state index contributed by atoms with van der Waals surface area (Å²) in [5.74, 6) is 1.89. The molecular weight excluding hydrogens is 741 g/mol. The summed E-state index contributed by atoms with van der Waals surface area (Å²) in [6, 6.07) is 77.8. The van der Waals surface area contributed by atoms with Crippen LogP contribution in [0, 0.1) is 0 Å². The summed E-state index contributed by atoms with van der Waals surface area (Å²) in [6.07, 6.45) is 0. The fourth-order valence-electron chi connectivity index (χ4n) is 9.12. The largest absolute Gasteiger partial charge is 0.309 e. The molecule has 4 heteroatoms. The third-order valence-corrected chi connectivity index (χ3v) is 12.0. The van der Waals surface area contributed by atoms with Gasteiger partial charge in [0, 0.05) is 33.2 Å². The standard InChI is InChI=1S/C57H36N4/c1-4-16-37(17-5-1)55-58-56(38-18-6-2-7-19-38)60-57(59-55)43-33-41(39-28-30-49-47-24-11-10-22-45(47)46-23-12-13-25-48(46)51(49)35-39)32-42(34-43)40-29-31-54-52(36-40)50-26-14-15-27-53(50)61(54)44-20-8-3-9-21-44/h1-36H. The second kappa shape index (κ2) is 14.3. The highest BCUT2D eigenvalue weighted by molar-refractivity contribution is 6.25. The predicted octanol–water partition coefficient (Wildman–Crippen LogP) is 14.8. The summed E-state index contributed by atoms with van der Waals surface area (Å²) < 4.78 is 2.36. The molecule has 10 aromatic carbocycles. The van der Waals surface area contributed by atoms with Gasteiger partial charge in [0.15, 0.2) is 17.5 Å². The summed E-state index contributed by atoms with van der Waals surface area (Å²) in [5, 5.41) is 9.91. The number of benzene rings is 10. The minimum absolute atomic E-state index is 0.620. The third-order valence-electron chi connectivity index (χ3n) is 12.0. The van der Waals surface area contributed by atoms with Gasteiger partial charge in [0.25, 0.3) is 0 Å². The number of hydrogen-bond donors (Lipinski definition) is 0. The summed E-state index contributed by atoms with van der Waals surface area (Å²) >= 11 is 0. The second-order valence-corrected chi connectivity index (χ2v) is 15.6. The Morgan fingerprint density at radius 2 is 0.623 bits per heavy atom. The highest BCUT2D eigenvalue weighted by Crippen LogP contribution is 2.41. The first-order valence-corrected chi connectivity index (χ1v) is 20.7. The van der Waals surface area contributed by atoms with Crippen molar-refractivity contribution in [1.82, 2.24) is 19.5 Å². The topological polar surface area (TPSA) is 43.6 Å². The molecule has 0 saturated carbocycles. The number of rotatable bonds is 6. The Kier molecular flexibility index (Phi) is 8.13. The van der Waals surface area contributed by atoms with Crippen LogP contribution in [-0.2, 0) is 0 Å². The van der Waals surface area contributed by atoms with Gasteiger partial charge in [-0.3, -0.25) is 0 Å². The van der Waals surface area contributed by atoms with Gasteiger partial charge in [-0.05, 0) is 109 Å². The molecule has 0 aliphatic rings. The molecule has 0 N–H and O–H groups in total. The molecule has 0 saturated heterocycles. The lowest BCUT2D eigenvalue weighted by Gasteiger charge is -2.15. The van der Waals surface area contributed by atoms with Crippen molar-refractivity contribution in [3.63, 3.8) is 0 Å². The molecule has 284 valence electrons. The van der Waals surface area contributed by atoms with Crippen LogP contribution >= 0.6 is 0 Å². The molecule has 12 aromatic rings. The lowest BCUT2D eigenvalue weighted by molar-refractivity contribution is 1.07. The van der Waals surface area contributed by atoms with Crippen LogP contribution in [0.4, 0.5) is 0 Å². The number of hydrogen-bond acceptors (Lipinski definition) is 3. The zero-order chi connectivity index (χ0) is 40.3. The molecule has 0 unspecified atom stereocenters. The van der Waals surface area contributed by atoms with E-state index < -0.39 is 0 Å². The Balaban J connectivity index is 1.11. The van der Waals surface area contributed by atoms with E-state index in [0.717, 1.165) is 44.6 Å². The summed E-state index contributed by atoms with van der Waals surface area (Å²) in [5.41, 5.74) is 10.7. The fourth-order valence-corrected chi connectivity index (χ4v) is 9.12. The van der Waals surface area contributed by atoms with Crippen molar-refractivity contribution in [3.05, 3.63) is 218 Å². The van der Waals surface area contributed by atoms with Gasteiger partial charge < -0.3 is 4.57 Å². The maximum absolute atomic E-state index is 5.20. The SMILES string of the molecule is c1ccc(-c2nc(-c3ccccc3)nc(-c3cc(-c4ccc5c6ccccc6c6ccccc6c5c4)cc(-c4ccc5c(c4)c4ccccc4n5-c4ccccc4)c3)n2)cc1. The van der Waals surface area contributed by atoms with Crippen LogP contribution in [0.1, 0.15) is 0 Å². The predicted molar refractivity (Wildman–Crippen MR) is 254 cm³/mol. The molecule has 0 radical (unpaired) electrons. The van der Waals surface area contributed by atoms with Gasteiger partial charge in [0.1, 0.15) is 0 Å². The molecule has 4 nitrogen and oxygen atoms in total. The smallest absolute Gasteiger partial charge is 0.164 e. The maximum Gasteiger partial charge on any atom is 0.164 e. The Morgan fingerprint density at radius 3 is 1.20 bits per heavy atom. The number of fused-ring (bicyclic) bond motifs is 9. The van der Waals surface area contributed by atoms with Crippen LogP contribution in [0.3, 0.4) is 0 Å². The summed E-state index contributed by atoms with van der Waals surface area (Å²) in [7, 11) is 0. The van der Waals surface area contributed by atoms with Gasteiger partial charge >= 0.3 is 0 Å². The van der Waals surface area contributed by atoms with E-state index in [9.17, 15) is 0 Å². The lowest BCUT2D eigenvalue weighted by atomic mass is 9.90. The molecule has 12 rings (SSSR count). The van der Waals surface area contributed by atoms with E-state index in [4.69, 9.17) is 15.0 Å². The highest BCUT2D eigenvalue weighted by atomic mass is 15.0. The second-order valence-electron chi connectivity index (χ2n) is 15.6. The molecule has 0 spiro atoms. The van der Waals surface area contributed by atoms with Gasteiger partial charge in [0.2, 0.25) is 0 Å². The first kappa shape index (κ1) is 34.8. The minimum Gasteiger partial charge on any atom is -0.309 e. The molecule has 2 heterocycles. The van der Waals surface area contributed by atoms with Crippen molar-refractivity contribution in [2.75, 3.05) is 0 Å². The lowest BCUT2D eigenvalue weighted by Crippen LogP contribution is -2.00. The van der Waals surface area contributed by atoms with Crippen LogP contribution in [0.25, 0.3) is 116 Å². The summed E-state index contributed by atoms with van der Waals surface area (Å²) in [6.45, 7) is 0. The van der Waals surface area contributed by atoms with E-state index in [2.05, 4.69) is 187 Å². The van der Waals surface area contributed by atoms with E-state index in [-0.39, 0.29) is 0 Å². The average molecular weight is 777 g/mol. The molecule has 0 aliphatic carbocycles. The van der Waals surface area contributed by atoms with E-state index >= 15 is 0 Å². The zero-order valence-corrected chi connectivity index (χ0v) is 33.1. The number of aromatic nitrogens is 4. The summed E-state index contributed by atoms with van der Waals surface area (Å²) in [4.78, 5) is 15.4. The van der Waals surface area contributed by atoms with Crippen LogP contribution < -0.4 is 0 Å². The van der Waals surface area contributed by atoms with Crippen molar-refractivity contribution >= 4 is 54.1 Å². The molecule has 0 aliphatic heterocycles. The first-order valence-electron chi connectivity index (χ1n) is 20.7. The monoisotopic (exact) mass is 776 g/mol. The van der Waals surface area contributed by atoms with Crippen LogP contribution in [-0.4, -0.2) is 19.5 Å². The number of nitrogens with zero attached hydrogens (tertiary/aromatic N) is 4. The normalized spacial score (nSPS) is 11.6. The first-order chi connectivity index (χ1) is 30.2. The Bertz CT molecular complexity index is 3540. The fraction of sp³-hybridized carbons (Fsp3) is 0. The molecule has 0 amide bonds. The van der Waals surface area contributed by atoms with E-state index in [1.807, 2.05) is 36.4 Å². The quantitative estimate of drug-likeness (QED) is 0.158. The Labute approximate surface area is 352 Å². The van der Waals surface area contributed by atoms with Gasteiger partial charge in [0.05, 0.1) is 11.0 Å². The highest BCUT2D eigenvalue weighted by Gasteiger charge is 2.18. The van der Waals surface area contributed by atoms with Gasteiger partial charge in [-0.1, -0.05) is 164 Å². The van der Waals surface area contributed by atoms with Gasteiger partial charge in [-0.15, -0.1) is 0 Å². The van der Waals surface area contributed by atoms with E-state index in [0.29, 0.717) is 17.5 Å². The molecule has 0 fully saturated rings. The molecular formula is C57H36N4. The molecule has 2 aromatic heterocycles. The van der Waals surface area contributed by atoms with Crippen molar-refractivity contribution in [2.24, 2.45) is 0 Å². The van der Waals surface area contributed by atoms with E-state index in [1.54, 1.807) is 0 Å². The molecule has 0 bridgehead atoms. The third kappa shape index (κ3) is 5.96. The van der Waals surface area contributed by atoms with Crippen molar-refractivity contribution in [1.29, 1.82) is 0 Å². The van der Waals surface area contributed by atoms with Crippen LogP contribution in [0.5, 0.6) is 0 Å². The minimum atomic E-state index is 0.620. The number of para-hydroxylation sites is 2. The Hall–Kier alpha value is -8.21. The molecule has 61 heavy (non-hydrogen) atoms. The average Bonchev–Trinajstić information content (AvgIpc) is 3.68. The van der Waals surface area contributed by atoms with Crippen LogP contribution in [0.2, 0.25) is 0 Å². The maximum atomic E-state index is 5.20. The van der Waals surface area contributed by atoms with E-state index in [1.165, 1.54) is 54.1 Å².